The molecule has 1 heterocycles. The maximum absolute atomic E-state index is 13.6. The van der Waals surface area contributed by atoms with Gasteiger partial charge in [0.05, 0.1) is 22.1 Å². The van der Waals surface area contributed by atoms with E-state index in [0.29, 0.717) is 29.7 Å². The molecule has 1 amide bonds. The summed E-state index contributed by atoms with van der Waals surface area (Å²) in [5.41, 5.74) is 2.39. The standard InChI is InChI=1S/C23H24BrClFN3O/c1-2-11-28(23(30)15-7-9-19(26)18(24)12-15)14-22-27-20-10-8-16(25)13-21(20)29(22)17-5-3-4-6-17/h7-10,12-13,17H,2-6,11,14H2,1H3. The number of hydrogen-bond donors (Lipinski definition) is 0. The van der Waals surface area contributed by atoms with Crippen LogP contribution in [-0.2, 0) is 6.54 Å². The quantitative estimate of drug-likeness (QED) is 0.381. The molecule has 4 nitrogen and oxygen atoms in total. The van der Waals surface area contributed by atoms with Crippen molar-refractivity contribution >= 4 is 44.5 Å². The number of halogens is 3. The molecule has 30 heavy (non-hydrogen) atoms. The van der Waals surface area contributed by atoms with E-state index in [9.17, 15) is 9.18 Å². The average molecular weight is 493 g/mol. The minimum atomic E-state index is -0.381. The summed E-state index contributed by atoms with van der Waals surface area (Å²) in [5, 5.41) is 0.686. The highest BCUT2D eigenvalue weighted by Gasteiger charge is 2.25. The zero-order valence-corrected chi connectivity index (χ0v) is 19.2. The van der Waals surface area contributed by atoms with Gasteiger partial charge >= 0.3 is 0 Å². The molecule has 1 saturated carbocycles. The molecule has 0 atom stereocenters. The topological polar surface area (TPSA) is 38.1 Å². The van der Waals surface area contributed by atoms with Gasteiger partial charge in [-0.15, -0.1) is 0 Å². The lowest BCUT2D eigenvalue weighted by atomic mass is 10.2. The van der Waals surface area contributed by atoms with Crippen LogP contribution in [-0.4, -0.2) is 26.9 Å². The third kappa shape index (κ3) is 4.26. The molecule has 0 radical (unpaired) electrons. The van der Waals surface area contributed by atoms with Crippen LogP contribution in [0.1, 0.15) is 61.3 Å². The molecule has 1 fully saturated rings. The Balaban J connectivity index is 1.71. The molecular formula is C23H24BrClFN3O. The summed E-state index contributed by atoms with van der Waals surface area (Å²) in [6, 6.07) is 10.5. The van der Waals surface area contributed by atoms with Crippen LogP contribution < -0.4 is 0 Å². The number of fused-ring (bicyclic) bond motifs is 1. The van der Waals surface area contributed by atoms with Crippen LogP contribution in [0.5, 0.6) is 0 Å². The minimum absolute atomic E-state index is 0.124. The van der Waals surface area contributed by atoms with Crippen LogP contribution in [0.25, 0.3) is 11.0 Å². The highest BCUT2D eigenvalue weighted by atomic mass is 79.9. The normalized spacial score (nSPS) is 14.5. The number of rotatable bonds is 6. The first-order chi connectivity index (χ1) is 14.5. The minimum Gasteiger partial charge on any atom is -0.331 e. The van der Waals surface area contributed by atoms with Crippen molar-refractivity contribution < 1.29 is 9.18 Å². The van der Waals surface area contributed by atoms with E-state index in [0.717, 1.165) is 36.1 Å². The molecule has 1 aliphatic rings. The van der Waals surface area contributed by atoms with Gasteiger partial charge in [-0.1, -0.05) is 31.4 Å². The number of imidazole rings is 1. The zero-order valence-electron chi connectivity index (χ0n) is 16.9. The second kappa shape index (κ2) is 9.06. The number of carbonyl (C=O) groups excluding carboxylic acids is 1. The average Bonchev–Trinajstić information content (AvgIpc) is 3.36. The fourth-order valence-corrected chi connectivity index (χ4v) is 4.85. The van der Waals surface area contributed by atoms with E-state index in [2.05, 4.69) is 20.5 Å². The van der Waals surface area contributed by atoms with E-state index < -0.39 is 0 Å². The second-order valence-electron chi connectivity index (χ2n) is 7.82. The molecule has 0 saturated heterocycles. The summed E-state index contributed by atoms with van der Waals surface area (Å²) >= 11 is 9.46. The van der Waals surface area contributed by atoms with Crippen LogP contribution >= 0.6 is 27.5 Å². The molecule has 0 aliphatic heterocycles. The third-order valence-corrected chi connectivity index (χ3v) is 6.54. The van der Waals surface area contributed by atoms with Crippen LogP contribution in [0.3, 0.4) is 0 Å². The first kappa shape index (κ1) is 21.3. The number of benzene rings is 2. The van der Waals surface area contributed by atoms with Gasteiger partial charge in [0.2, 0.25) is 0 Å². The van der Waals surface area contributed by atoms with Gasteiger partial charge in [-0.05, 0) is 71.6 Å². The molecular weight excluding hydrogens is 469 g/mol. The van der Waals surface area contributed by atoms with Gasteiger partial charge in [0.1, 0.15) is 11.6 Å². The van der Waals surface area contributed by atoms with Crippen molar-refractivity contribution in [3.8, 4) is 0 Å². The Kier molecular flexibility index (Phi) is 6.44. The van der Waals surface area contributed by atoms with E-state index in [1.165, 1.54) is 25.0 Å². The lowest BCUT2D eigenvalue weighted by Gasteiger charge is -2.24. The largest absolute Gasteiger partial charge is 0.331 e. The Morgan fingerprint density at radius 3 is 2.73 bits per heavy atom. The van der Waals surface area contributed by atoms with Crippen LogP contribution in [0, 0.1) is 5.82 Å². The predicted molar refractivity (Wildman–Crippen MR) is 121 cm³/mol. The highest BCUT2D eigenvalue weighted by Crippen LogP contribution is 2.35. The second-order valence-corrected chi connectivity index (χ2v) is 9.12. The molecule has 7 heteroatoms. The van der Waals surface area contributed by atoms with Gasteiger partial charge < -0.3 is 9.47 Å². The smallest absolute Gasteiger partial charge is 0.254 e. The van der Waals surface area contributed by atoms with Crippen molar-refractivity contribution in [2.45, 2.75) is 51.6 Å². The Morgan fingerprint density at radius 1 is 1.27 bits per heavy atom. The van der Waals surface area contributed by atoms with Gasteiger partial charge in [0, 0.05) is 23.2 Å². The Hall–Kier alpha value is -1.92. The summed E-state index contributed by atoms with van der Waals surface area (Å²) in [7, 11) is 0. The van der Waals surface area contributed by atoms with E-state index in [1.807, 2.05) is 25.1 Å². The Labute approximate surface area is 189 Å². The molecule has 0 bridgehead atoms. The van der Waals surface area contributed by atoms with Gasteiger partial charge in [0.15, 0.2) is 0 Å². The summed E-state index contributed by atoms with van der Waals surface area (Å²) in [6.45, 7) is 3.05. The van der Waals surface area contributed by atoms with Crippen molar-refractivity contribution in [1.82, 2.24) is 14.5 Å². The maximum atomic E-state index is 13.6. The maximum Gasteiger partial charge on any atom is 0.254 e. The molecule has 2 aromatic carbocycles. The van der Waals surface area contributed by atoms with E-state index in [1.54, 1.807) is 11.0 Å². The fourth-order valence-electron chi connectivity index (χ4n) is 4.30. The van der Waals surface area contributed by atoms with Gasteiger partial charge in [-0.2, -0.15) is 0 Å². The summed E-state index contributed by atoms with van der Waals surface area (Å²) in [5.74, 6) is 0.372. The van der Waals surface area contributed by atoms with Crippen molar-refractivity contribution in [3.05, 3.63) is 63.1 Å². The molecule has 0 unspecified atom stereocenters. The SMILES string of the molecule is CCCN(Cc1nc2ccc(Cl)cc2n1C1CCCC1)C(=O)c1ccc(F)c(Br)c1. The van der Waals surface area contributed by atoms with Crippen molar-refractivity contribution in [2.24, 2.45) is 0 Å². The van der Waals surface area contributed by atoms with Crippen molar-refractivity contribution in [3.63, 3.8) is 0 Å². The number of aromatic nitrogens is 2. The summed E-state index contributed by atoms with van der Waals surface area (Å²) in [6.07, 6.45) is 5.44. The molecule has 1 aromatic heterocycles. The lowest BCUT2D eigenvalue weighted by molar-refractivity contribution is 0.0736. The number of carbonyl (C=O) groups is 1. The Morgan fingerprint density at radius 2 is 2.03 bits per heavy atom. The Bertz CT molecular complexity index is 1080. The van der Waals surface area contributed by atoms with Crippen LogP contribution in [0.15, 0.2) is 40.9 Å². The van der Waals surface area contributed by atoms with Gasteiger partial charge in [-0.3, -0.25) is 4.79 Å². The molecule has 1 aliphatic carbocycles. The van der Waals surface area contributed by atoms with Crippen LogP contribution in [0.2, 0.25) is 5.02 Å². The monoisotopic (exact) mass is 491 g/mol. The molecule has 4 rings (SSSR count). The molecule has 158 valence electrons. The molecule has 0 N–H and O–H groups in total. The zero-order chi connectivity index (χ0) is 21.3. The van der Waals surface area contributed by atoms with Crippen LogP contribution in [0.4, 0.5) is 4.39 Å². The van der Waals surface area contributed by atoms with Crippen molar-refractivity contribution in [1.29, 1.82) is 0 Å². The van der Waals surface area contributed by atoms with E-state index >= 15 is 0 Å². The first-order valence-corrected chi connectivity index (χ1v) is 11.6. The number of nitrogens with zero attached hydrogens (tertiary/aromatic N) is 3. The van der Waals surface area contributed by atoms with Gasteiger partial charge in [-0.25, -0.2) is 9.37 Å². The predicted octanol–water partition coefficient (Wildman–Crippen LogP) is 6.76. The number of amides is 1. The van der Waals surface area contributed by atoms with E-state index in [-0.39, 0.29) is 16.2 Å². The lowest BCUT2D eigenvalue weighted by Crippen LogP contribution is -2.32. The number of hydrogen-bond acceptors (Lipinski definition) is 2. The van der Waals surface area contributed by atoms with Gasteiger partial charge in [0.25, 0.3) is 5.91 Å². The third-order valence-electron chi connectivity index (χ3n) is 5.69. The molecule has 3 aromatic rings. The fraction of sp³-hybridized carbons (Fsp3) is 0.391. The highest BCUT2D eigenvalue weighted by molar-refractivity contribution is 9.10. The molecule has 0 spiro atoms. The summed E-state index contributed by atoms with van der Waals surface area (Å²) < 4.78 is 16.2. The van der Waals surface area contributed by atoms with E-state index in [4.69, 9.17) is 16.6 Å². The summed E-state index contributed by atoms with van der Waals surface area (Å²) in [4.78, 5) is 19.9. The van der Waals surface area contributed by atoms with Crippen molar-refractivity contribution in [2.75, 3.05) is 6.54 Å². The first-order valence-electron chi connectivity index (χ1n) is 10.4.